The van der Waals surface area contributed by atoms with Crippen LogP contribution in [0.1, 0.15) is 12.8 Å². The van der Waals surface area contributed by atoms with Gasteiger partial charge in [-0.15, -0.1) is 0 Å². The molecule has 1 aliphatic carbocycles. The number of hydrogen-bond acceptors (Lipinski definition) is 4. The molecule has 1 aliphatic rings. The molecule has 0 atom stereocenters. The fourth-order valence-corrected chi connectivity index (χ4v) is 2.81. The molecular formula is C8H17NO4S. The van der Waals surface area contributed by atoms with Crippen LogP contribution in [0.25, 0.3) is 0 Å². The van der Waals surface area contributed by atoms with E-state index in [-0.39, 0.29) is 18.4 Å². The Hall–Kier alpha value is -0.170. The first-order chi connectivity index (χ1) is 6.61. The van der Waals surface area contributed by atoms with Gasteiger partial charge in [-0.25, -0.2) is 8.42 Å². The maximum absolute atomic E-state index is 11.6. The highest BCUT2D eigenvalue weighted by Crippen LogP contribution is 2.28. The van der Waals surface area contributed by atoms with Crippen LogP contribution in [0.3, 0.4) is 0 Å². The van der Waals surface area contributed by atoms with Crippen LogP contribution in [0.5, 0.6) is 0 Å². The van der Waals surface area contributed by atoms with Gasteiger partial charge in [-0.3, -0.25) is 0 Å². The Balaban J connectivity index is 2.56. The quantitative estimate of drug-likeness (QED) is 0.627. The van der Waals surface area contributed by atoms with Crippen molar-refractivity contribution in [2.24, 2.45) is 0 Å². The highest BCUT2D eigenvalue weighted by Gasteiger charge is 2.36. The Morgan fingerprint density at radius 1 is 1.50 bits per heavy atom. The zero-order chi connectivity index (χ0) is 10.6. The van der Waals surface area contributed by atoms with E-state index in [9.17, 15) is 8.42 Å². The molecule has 0 aromatic heterocycles. The number of aliphatic hydroxyl groups excluding tert-OH is 1. The molecule has 1 rings (SSSR count). The molecule has 0 bridgehead atoms. The van der Waals surface area contributed by atoms with Crippen LogP contribution in [0, 0.1) is 0 Å². The number of aliphatic hydroxyl groups is 1. The van der Waals surface area contributed by atoms with Crippen molar-refractivity contribution in [2.75, 3.05) is 32.6 Å². The molecule has 6 heteroatoms. The smallest absolute Gasteiger partial charge is 0.216 e. The molecule has 0 saturated heterocycles. The van der Waals surface area contributed by atoms with E-state index in [4.69, 9.17) is 9.84 Å². The van der Waals surface area contributed by atoms with Gasteiger partial charge in [0.2, 0.25) is 10.0 Å². The summed E-state index contributed by atoms with van der Waals surface area (Å²) in [5.74, 6) is -0.187. The summed E-state index contributed by atoms with van der Waals surface area (Å²) in [6.45, 7) is 0.475. The SMILES string of the molecule is COCCN(C1CC1)S(=O)(=O)CCO. The lowest BCUT2D eigenvalue weighted by atomic mass is 10.6. The Bertz CT molecular complexity index is 261. The lowest BCUT2D eigenvalue weighted by Gasteiger charge is -2.20. The second-order valence-electron chi connectivity index (χ2n) is 3.37. The van der Waals surface area contributed by atoms with Gasteiger partial charge in [0.15, 0.2) is 0 Å². The molecule has 0 radical (unpaired) electrons. The van der Waals surface area contributed by atoms with Crippen molar-refractivity contribution in [3.63, 3.8) is 0 Å². The normalized spacial score (nSPS) is 17.6. The molecule has 1 N–H and O–H groups in total. The monoisotopic (exact) mass is 223 g/mol. The second-order valence-corrected chi connectivity index (χ2v) is 5.42. The van der Waals surface area contributed by atoms with Crippen molar-refractivity contribution in [1.29, 1.82) is 0 Å². The van der Waals surface area contributed by atoms with Crippen molar-refractivity contribution in [1.82, 2.24) is 4.31 Å². The van der Waals surface area contributed by atoms with Gasteiger partial charge in [0, 0.05) is 19.7 Å². The van der Waals surface area contributed by atoms with Gasteiger partial charge in [-0.2, -0.15) is 4.31 Å². The van der Waals surface area contributed by atoms with E-state index in [0.717, 1.165) is 12.8 Å². The van der Waals surface area contributed by atoms with Crippen molar-refractivity contribution < 1.29 is 18.3 Å². The summed E-state index contributed by atoms with van der Waals surface area (Å²) < 4.78 is 29.6. The fraction of sp³-hybridized carbons (Fsp3) is 1.00. The molecule has 84 valence electrons. The molecule has 0 aliphatic heterocycles. The molecule has 0 amide bonds. The van der Waals surface area contributed by atoms with E-state index in [1.165, 1.54) is 4.31 Å². The number of hydrogen-bond donors (Lipinski definition) is 1. The number of methoxy groups -OCH3 is 1. The molecule has 0 aromatic rings. The van der Waals surface area contributed by atoms with Gasteiger partial charge in [0.25, 0.3) is 0 Å². The maximum atomic E-state index is 11.6. The first-order valence-electron chi connectivity index (χ1n) is 4.71. The van der Waals surface area contributed by atoms with Gasteiger partial charge in [-0.1, -0.05) is 0 Å². The van der Waals surface area contributed by atoms with E-state index in [2.05, 4.69) is 0 Å². The highest BCUT2D eigenvalue weighted by molar-refractivity contribution is 7.89. The predicted molar refractivity (Wildman–Crippen MR) is 52.5 cm³/mol. The van der Waals surface area contributed by atoms with E-state index >= 15 is 0 Å². The average molecular weight is 223 g/mol. The molecule has 1 fully saturated rings. The molecule has 0 aromatic carbocycles. The largest absolute Gasteiger partial charge is 0.395 e. The highest BCUT2D eigenvalue weighted by atomic mass is 32.2. The van der Waals surface area contributed by atoms with Crippen molar-refractivity contribution in [2.45, 2.75) is 18.9 Å². The molecule has 0 unspecified atom stereocenters. The summed E-state index contributed by atoms with van der Waals surface area (Å²) in [7, 11) is -1.73. The van der Waals surface area contributed by atoms with E-state index in [1.807, 2.05) is 0 Å². The summed E-state index contributed by atoms with van der Waals surface area (Å²) in [6.07, 6.45) is 1.85. The Labute approximate surface area is 84.7 Å². The van der Waals surface area contributed by atoms with Crippen LogP contribution in [0.2, 0.25) is 0 Å². The fourth-order valence-electron chi connectivity index (χ4n) is 1.33. The molecule has 0 spiro atoms. The van der Waals surface area contributed by atoms with Gasteiger partial charge < -0.3 is 9.84 Å². The molecule has 1 saturated carbocycles. The molecular weight excluding hydrogens is 206 g/mol. The minimum Gasteiger partial charge on any atom is -0.395 e. The van der Waals surface area contributed by atoms with Gasteiger partial charge in [0.05, 0.1) is 19.0 Å². The standard InChI is InChI=1S/C8H17NO4S/c1-13-6-4-9(8-2-3-8)14(11,12)7-5-10/h8,10H,2-7H2,1H3. The van der Waals surface area contributed by atoms with Crippen LogP contribution in [-0.4, -0.2) is 56.5 Å². The van der Waals surface area contributed by atoms with Crippen LogP contribution >= 0.6 is 0 Å². The molecule has 14 heavy (non-hydrogen) atoms. The Morgan fingerprint density at radius 3 is 2.57 bits per heavy atom. The molecule has 0 heterocycles. The van der Waals surface area contributed by atoms with Gasteiger partial charge in [0.1, 0.15) is 0 Å². The summed E-state index contributed by atoms with van der Waals surface area (Å²) in [5.41, 5.74) is 0. The lowest BCUT2D eigenvalue weighted by Crippen LogP contribution is -2.38. The average Bonchev–Trinajstić information content (AvgIpc) is 2.88. The zero-order valence-electron chi connectivity index (χ0n) is 8.35. The summed E-state index contributed by atoms with van der Waals surface area (Å²) >= 11 is 0. The summed E-state index contributed by atoms with van der Waals surface area (Å²) in [6, 6.07) is 0.140. The number of rotatable bonds is 7. The number of sulfonamides is 1. The van der Waals surface area contributed by atoms with Crippen LogP contribution in [0.15, 0.2) is 0 Å². The van der Waals surface area contributed by atoms with Gasteiger partial charge in [-0.05, 0) is 12.8 Å². The zero-order valence-corrected chi connectivity index (χ0v) is 9.16. The van der Waals surface area contributed by atoms with Crippen molar-refractivity contribution in [3.8, 4) is 0 Å². The third-order valence-corrected chi connectivity index (χ3v) is 4.07. The van der Waals surface area contributed by atoms with Gasteiger partial charge >= 0.3 is 0 Å². The van der Waals surface area contributed by atoms with E-state index in [0.29, 0.717) is 13.2 Å². The van der Waals surface area contributed by atoms with Crippen molar-refractivity contribution in [3.05, 3.63) is 0 Å². The van der Waals surface area contributed by atoms with Crippen LogP contribution in [-0.2, 0) is 14.8 Å². The Kier molecular flexibility index (Phi) is 4.31. The maximum Gasteiger partial charge on any atom is 0.216 e. The topological polar surface area (TPSA) is 66.8 Å². The molecule has 5 nitrogen and oxygen atoms in total. The second kappa shape index (κ2) is 5.06. The minimum absolute atomic E-state index is 0.140. The van der Waals surface area contributed by atoms with Crippen LogP contribution in [0.4, 0.5) is 0 Å². The first kappa shape index (κ1) is 11.9. The minimum atomic E-state index is -3.28. The predicted octanol–water partition coefficient (Wildman–Crippen LogP) is -0.581. The summed E-state index contributed by atoms with van der Waals surface area (Å²) in [5, 5.41) is 8.64. The first-order valence-corrected chi connectivity index (χ1v) is 6.32. The lowest BCUT2D eigenvalue weighted by molar-refractivity contribution is 0.177. The third-order valence-electron chi connectivity index (χ3n) is 2.18. The van der Waals surface area contributed by atoms with E-state index < -0.39 is 10.0 Å². The van der Waals surface area contributed by atoms with Crippen molar-refractivity contribution >= 4 is 10.0 Å². The van der Waals surface area contributed by atoms with E-state index in [1.54, 1.807) is 7.11 Å². The number of ether oxygens (including phenoxy) is 1. The Morgan fingerprint density at radius 2 is 2.14 bits per heavy atom. The van der Waals surface area contributed by atoms with Crippen LogP contribution < -0.4 is 0 Å². The summed E-state index contributed by atoms with van der Waals surface area (Å²) in [4.78, 5) is 0. The third kappa shape index (κ3) is 3.20. The number of nitrogens with zero attached hydrogens (tertiary/aromatic N) is 1.